The van der Waals surface area contributed by atoms with Crippen LogP contribution in [0.3, 0.4) is 0 Å². The van der Waals surface area contributed by atoms with E-state index in [4.69, 9.17) is 9.47 Å². The molecule has 0 aromatic heterocycles. The lowest BCUT2D eigenvalue weighted by molar-refractivity contribution is -0.133. The van der Waals surface area contributed by atoms with Crippen LogP contribution in [-0.4, -0.2) is 34.3 Å². The number of ether oxygens (including phenoxy) is 2. The van der Waals surface area contributed by atoms with E-state index in [1.165, 1.54) is 0 Å². The third kappa shape index (κ3) is 8.88. The molecule has 21 heavy (non-hydrogen) atoms. The fraction of sp³-hybridized carbons (Fsp3) is 0.786. The molecule has 0 atom stereocenters. The highest BCUT2D eigenvalue weighted by Crippen LogP contribution is 2.11. The smallest absolute Gasteiger partial charge is 0.436 e. The summed E-state index contributed by atoms with van der Waals surface area (Å²) in [5, 5.41) is 0.558. The highest BCUT2D eigenvalue weighted by Gasteiger charge is 2.30. The second-order valence-electron chi connectivity index (χ2n) is 6.57. The van der Waals surface area contributed by atoms with Gasteiger partial charge in [-0.25, -0.2) is 15.0 Å². The molecular weight excluding hydrogens is 276 g/mol. The SMILES string of the molecule is CCCC(=O)N(NC(=O)OC(C)(C)C)C(=O)OC(C)(C)C. The van der Waals surface area contributed by atoms with Gasteiger partial charge in [-0.05, 0) is 48.0 Å². The number of hydrazine groups is 1. The first-order valence-corrected chi connectivity index (χ1v) is 6.91. The van der Waals surface area contributed by atoms with E-state index in [-0.39, 0.29) is 6.42 Å². The number of hydrogen-bond acceptors (Lipinski definition) is 5. The Kier molecular flexibility index (Phi) is 6.66. The molecule has 0 aromatic carbocycles. The topological polar surface area (TPSA) is 84.9 Å². The van der Waals surface area contributed by atoms with Crippen LogP contribution >= 0.6 is 0 Å². The molecule has 7 heteroatoms. The van der Waals surface area contributed by atoms with Crippen LogP contribution in [0.4, 0.5) is 9.59 Å². The molecule has 0 radical (unpaired) electrons. The Morgan fingerprint density at radius 1 is 0.952 bits per heavy atom. The molecule has 0 fully saturated rings. The van der Waals surface area contributed by atoms with Gasteiger partial charge < -0.3 is 9.47 Å². The monoisotopic (exact) mass is 302 g/mol. The van der Waals surface area contributed by atoms with Gasteiger partial charge in [0.05, 0.1) is 0 Å². The average Bonchev–Trinajstić information content (AvgIpc) is 2.20. The predicted octanol–water partition coefficient (Wildman–Crippen LogP) is 2.99. The summed E-state index contributed by atoms with van der Waals surface area (Å²) in [6.45, 7) is 11.8. The van der Waals surface area contributed by atoms with Gasteiger partial charge >= 0.3 is 12.2 Å². The minimum Gasteiger partial charge on any atom is -0.443 e. The molecule has 122 valence electrons. The molecule has 0 spiro atoms. The van der Waals surface area contributed by atoms with Crippen molar-refractivity contribution < 1.29 is 23.9 Å². The summed E-state index contributed by atoms with van der Waals surface area (Å²) >= 11 is 0. The maximum absolute atomic E-state index is 12.0. The van der Waals surface area contributed by atoms with Gasteiger partial charge in [0.2, 0.25) is 0 Å². The first-order chi connectivity index (χ1) is 9.35. The number of rotatable bonds is 2. The van der Waals surface area contributed by atoms with Crippen LogP contribution in [0.5, 0.6) is 0 Å². The number of amides is 3. The summed E-state index contributed by atoms with van der Waals surface area (Å²) in [4.78, 5) is 35.6. The fourth-order valence-corrected chi connectivity index (χ4v) is 1.24. The Morgan fingerprint density at radius 2 is 1.43 bits per heavy atom. The van der Waals surface area contributed by atoms with Crippen LogP contribution in [0, 0.1) is 0 Å². The maximum Gasteiger partial charge on any atom is 0.436 e. The second-order valence-corrected chi connectivity index (χ2v) is 6.57. The largest absolute Gasteiger partial charge is 0.443 e. The van der Waals surface area contributed by atoms with E-state index in [1.54, 1.807) is 48.5 Å². The first kappa shape index (κ1) is 19.2. The van der Waals surface area contributed by atoms with Crippen molar-refractivity contribution in [2.75, 3.05) is 0 Å². The molecule has 0 aliphatic heterocycles. The molecule has 0 rings (SSSR count). The van der Waals surface area contributed by atoms with E-state index in [0.717, 1.165) is 0 Å². The van der Waals surface area contributed by atoms with E-state index in [2.05, 4.69) is 5.43 Å². The van der Waals surface area contributed by atoms with Gasteiger partial charge in [-0.15, -0.1) is 5.01 Å². The van der Waals surface area contributed by atoms with Gasteiger partial charge in [-0.1, -0.05) is 6.92 Å². The number of nitrogens with zero attached hydrogens (tertiary/aromatic N) is 1. The van der Waals surface area contributed by atoms with Crippen molar-refractivity contribution >= 4 is 18.1 Å². The van der Waals surface area contributed by atoms with E-state index < -0.39 is 29.3 Å². The molecule has 0 bridgehead atoms. The average molecular weight is 302 g/mol. The van der Waals surface area contributed by atoms with Crippen molar-refractivity contribution in [2.45, 2.75) is 72.5 Å². The normalized spacial score (nSPS) is 11.6. The molecule has 0 unspecified atom stereocenters. The molecule has 0 aliphatic rings. The Labute approximate surface area is 125 Å². The van der Waals surface area contributed by atoms with Crippen molar-refractivity contribution in [3.8, 4) is 0 Å². The van der Waals surface area contributed by atoms with Crippen LogP contribution in [-0.2, 0) is 14.3 Å². The molecule has 0 heterocycles. The van der Waals surface area contributed by atoms with E-state index >= 15 is 0 Å². The van der Waals surface area contributed by atoms with Crippen molar-refractivity contribution in [2.24, 2.45) is 0 Å². The van der Waals surface area contributed by atoms with Crippen LogP contribution in [0.1, 0.15) is 61.3 Å². The zero-order valence-corrected chi connectivity index (χ0v) is 13.9. The second kappa shape index (κ2) is 7.28. The van der Waals surface area contributed by atoms with Crippen LogP contribution in [0.15, 0.2) is 0 Å². The van der Waals surface area contributed by atoms with Gasteiger partial charge in [0.25, 0.3) is 5.91 Å². The molecule has 0 saturated heterocycles. The summed E-state index contributed by atoms with van der Waals surface area (Å²) in [7, 11) is 0. The zero-order chi connectivity index (χ0) is 16.8. The Hall–Kier alpha value is -1.79. The van der Waals surface area contributed by atoms with Gasteiger partial charge in [0.15, 0.2) is 0 Å². The molecule has 7 nitrogen and oxygen atoms in total. The lowest BCUT2D eigenvalue weighted by Crippen LogP contribution is -2.52. The highest BCUT2D eigenvalue weighted by molar-refractivity contribution is 5.93. The fourth-order valence-electron chi connectivity index (χ4n) is 1.24. The van der Waals surface area contributed by atoms with E-state index in [0.29, 0.717) is 11.4 Å². The highest BCUT2D eigenvalue weighted by atomic mass is 16.6. The molecule has 3 amide bonds. The summed E-state index contributed by atoms with van der Waals surface area (Å²) in [5.74, 6) is -0.558. The van der Waals surface area contributed by atoms with Crippen molar-refractivity contribution in [3.63, 3.8) is 0 Å². The minimum absolute atomic E-state index is 0.106. The zero-order valence-electron chi connectivity index (χ0n) is 13.9. The number of carbonyl (C=O) groups is 3. The van der Waals surface area contributed by atoms with Gasteiger partial charge in [-0.3, -0.25) is 4.79 Å². The summed E-state index contributed by atoms with van der Waals surface area (Å²) in [6.07, 6.45) is -1.19. The Morgan fingerprint density at radius 3 is 1.81 bits per heavy atom. The summed E-state index contributed by atoms with van der Waals surface area (Å²) < 4.78 is 10.1. The van der Waals surface area contributed by atoms with Crippen molar-refractivity contribution in [1.29, 1.82) is 0 Å². The third-order valence-electron chi connectivity index (χ3n) is 1.89. The van der Waals surface area contributed by atoms with Crippen LogP contribution in [0.2, 0.25) is 0 Å². The number of hydrogen-bond donors (Lipinski definition) is 1. The van der Waals surface area contributed by atoms with Crippen LogP contribution in [0.25, 0.3) is 0 Å². The number of imide groups is 1. The lowest BCUT2D eigenvalue weighted by Gasteiger charge is -2.27. The molecule has 0 saturated carbocycles. The molecular formula is C14H26N2O5. The van der Waals surface area contributed by atoms with Gasteiger partial charge in [-0.2, -0.15) is 0 Å². The lowest BCUT2D eigenvalue weighted by atomic mass is 10.2. The molecule has 0 aliphatic carbocycles. The summed E-state index contributed by atoms with van der Waals surface area (Å²) in [6, 6.07) is 0. The Bertz CT molecular complexity index is 393. The van der Waals surface area contributed by atoms with E-state index in [1.807, 2.05) is 0 Å². The number of nitrogens with one attached hydrogen (secondary N) is 1. The van der Waals surface area contributed by atoms with Crippen molar-refractivity contribution in [1.82, 2.24) is 10.4 Å². The predicted molar refractivity (Wildman–Crippen MR) is 77.4 cm³/mol. The maximum atomic E-state index is 12.0. The summed E-state index contributed by atoms with van der Waals surface area (Å²) in [5.41, 5.74) is 0.610. The quantitative estimate of drug-likeness (QED) is 0.793. The standard InChI is InChI=1S/C14H26N2O5/c1-8-9-10(17)16(12(19)21-14(5,6)7)15-11(18)20-13(2,3)4/h8-9H2,1-7H3,(H,15,18). The third-order valence-corrected chi connectivity index (χ3v) is 1.89. The molecule has 1 N–H and O–H groups in total. The first-order valence-electron chi connectivity index (χ1n) is 6.91. The Balaban J connectivity index is 4.95. The molecule has 0 aromatic rings. The minimum atomic E-state index is -0.938. The van der Waals surface area contributed by atoms with Gasteiger partial charge in [0, 0.05) is 6.42 Å². The number of carbonyl (C=O) groups excluding carboxylic acids is 3. The van der Waals surface area contributed by atoms with Crippen LogP contribution < -0.4 is 5.43 Å². The van der Waals surface area contributed by atoms with Crippen molar-refractivity contribution in [3.05, 3.63) is 0 Å². The van der Waals surface area contributed by atoms with Gasteiger partial charge in [0.1, 0.15) is 11.2 Å². The van der Waals surface area contributed by atoms with E-state index in [9.17, 15) is 14.4 Å².